The van der Waals surface area contributed by atoms with E-state index in [0.29, 0.717) is 23.4 Å². The first kappa shape index (κ1) is 20.2. The van der Waals surface area contributed by atoms with Gasteiger partial charge in [-0.15, -0.1) is 0 Å². The summed E-state index contributed by atoms with van der Waals surface area (Å²) in [5.74, 6) is -1.05. The molecule has 0 saturated heterocycles. The molecule has 0 bridgehead atoms. The van der Waals surface area contributed by atoms with Crippen LogP contribution < -0.4 is 0 Å². The molecular formula is C20H24ClNO4. The van der Waals surface area contributed by atoms with Gasteiger partial charge in [-0.05, 0) is 39.2 Å². The van der Waals surface area contributed by atoms with Gasteiger partial charge in [0.15, 0.2) is 12.4 Å². The fraction of sp³-hybridized carbons (Fsp3) is 0.450. The number of carbonyl (C=O) groups is 3. The van der Waals surface area contributed by atoms with E-state index < -0.39 is 24.0 Å². The van der Waals surface area contributed by atoms with E-state index in [1.165, 1.54) is 11.0 Å². The van der Waals surface area contributed by atoms with Gasteiger partial charge in [0.1, 0.15) is 5.54 Å². The molecule has 0 unspecified atom stereocenters. The van der Waals surface area contributed by atoms with E-state index in [0.717, 1.165) is 18.4 Å². The van der Waals surface area contributed by atoms with Crippen LogP contribution in [0.15, 0.2) is 35.9 Å². The van der Waals surface area contributed by atoms with Crippen molar-refractivity contribution in [3.8, 4) is 0 Å². The molecule has 0 heterocycles. The van der Waals surface area contributed by atoms with Gasteiger partial charge in [0.2, 0.25) is 0 Å². The fourth-order valence-electron chi connectivity index (χ4n) is 3.35. The number of amides is 1. The highest BCUT2D eigenvalue weighted by atomic mass is 35.5. The summed E-state index contributed by atoms with van der Waals surface area (Å²) >= 11 is 6.36. The summed E-state index contributed by atoms with van der Waals surface area (Å²) in [5, 5.41) is 0.448. The summed E-state index contributed by atoms with van der Waals surface area (Å²) in [6.07, 6.45) is 3.82. The lowest BCUT2D eigenvalue weighted by Crippen LogP contribution is -2.55. The van der Waals surface area contributed by atoms with Crippen LogP contribution in [-0.4, -0.2) is 36.2 Å². The topological polar surface area (TPSA) is 63.7 Å². The average molecular weight is 378 g/mol. The maximum Gasteiger partial charge on any atom is 0.331 e. The predicted octanol–water partition coefficient (Wildman–Crippen LogP) is 3.65. The smallest absolute Gasteiger partial charge is 0.331 e. The third kappa shape index (κ3) is 4.15. The average Bonchev–Trinajstić information content (AvgIpc) is 2.60. The molecule has 6 heteroatoms. The van der Waals surface area contributed by atoms with Crippen molar-refractivity contribution in [1.82, 2.24) is 4.90 Å². The fourth-order valence-corrected chi connectivity index (χ4v) is 3.64. The third-order valence-corrected chi connectivity index (χ3v) is 4.99. The van der Waals surface area contributed by atoms with Crippen LogP contribution >= 0.6 is 11.6 Å². The Labute approximate surface area is 159 Å². The lowest BCUT2D eigenvalue weighted by atomic mass is 9.74. The number of rotatable bonds is 5. The second-order valence-electron chi connectivity index (χ2n) is 6.75. The van der Waals surface area contributed by atoms with Crippen molar-refractivity contribution in [1.29, 1.82) is 0 Å². The number of ketones is 1. The van der Waals surface area contributed by atoms with Crippen molar-refractivity contribution in [2.75, 3.05) is 13.7 Å². The van der Waals surface area contributed by atoms with E-state index in [2.05, 4.69) is 0 Å². The summed E-state index contributed by atoms with van der Waals surface area (Å²) < 4.78 is 5.02. The number of nitrogens with zero attached hydrogens (tertiary/aromatic N) is 1. The number of esters is 1. The van der Waals surface area contributed by atoms with E-state index in [4.69, 9.17) is 16.3 Å². The Hall–Kier alpha value is -2.14. The molecule has 2 rings (SSSR count). The first-order chi connectivity index (χ1) is 12.3. The normalized spacial score (nSPS) is 19.6. The highest BCUT2D eigenvalue weighted by molar-refractivity contribution is 6.31. The molecule has 0 aromatic heterocycles. The lowest BCUT2D eigenvalue weighted by Gasteiger charge is -2.43. The lowest BCUT2D eigenvalue weighted by molar-refractivity contribution is -0.155. The molecule has 5 nitrogen and oxygen atoms in total. The van der Waals surface area contributed by atoms with E-state index in [1.54, 1.807) is 45.2 Å². The van der Waals surface area contributed by atoms with Gasteiger partial charge in [0.25, 0.3) is 5.91 Å². The van der Waals surface area contributed by atoms with Crippen LogP contribution in [0.2, 0.25) is 5.02 Å². The molecule has 0 radical (unpaired) electrons. The van der Waals surface area contributed by atoms with Gasteiger partial charge in [-0.25, -0.2) is 4.79 Å². The molecule has 1 saturated carbocycles. The molecular weight excluding hydrogens is 354 g/mol. The van der Waals surface area contributed by atoms with Crippen LogP contribution in [0.25, 0.3) is 0 Å². The summed E-state index contributed by atoms with van der Waals surface area (Å²) in [4.78, 5) is 38.7. The zero-order valence-corrected chi connectivity index (χ0v) is 16.1. The molecule has 0 aliphatic heterocycles. The third-order valence-electron chi connectivity index (χ3n) is 4.66. The van der Waals surface area contributed by atoms with Crippen LogP contribution in [0.1, 0.15) is 45.1 Å². The number of likely N-dealkylation sites (N-methyl/N-ethyl adjacent to an activating group) is 1. The monoisotopic (exact) mass is 377 g/mol. The molecule has 1 amide bonds. The highest BCUT2D eigenvalue weighted by Gasteiger charge is 2.47. The molecule has 1 fully saturated rings. The number of Topliss-reactive ketones (excluding diaryl/α,β-unsaturated/α-hetero) is 1. The number of benzene rings is 1. The van der Waals surface area contributed by atoms with Gasteiger partial charge in [0.05, 0.1) is 0 Å². The van der Waals surface area contributed by atoms with E-state index >= 15 is 0 Å². The van der Waals surface area contributed by atoms with Crippen molar-refractivity contribution in [2.45, 2.75) is 45.1 Å². The number of hydrogen-bond donors (Lipinski definition) is 0. The van der Waals surface area contributed by atoms with Gasteiger partial charge in [-0.1, -0.05) is 35.4 Å². The molecule has 1 aliphatic rings. The molecule has 0 N–H and O–H groups in total. The van der Waals surface area contributed by atoms with Crippen LogP contribution in [0.5, 0.6) is 0 Å². The van der Waals surface area contributed by atoms with Gasteiger partial charge in [-0.3, -0.25) is 9.59 Å². The van der Waals surface area contributed by atoms with Crippen molar-refractivity contribution in [2.24, 2.45) is 0 Å². The number of halogens is 1. The Morgan fingerprint density at radius 3 is 2.58 bits per heavy atom. The first-order valence-corrected chi connectivity index (χ1v) is 9.03. The van der Waals surface area contributed by atoms with Crippen molar-refractivity contribution < 1.29 is 19.1 Å². The maximum atomic E-state index is 12.9. The van der Waals surface area contributed by atoms with Gasteiger partial charge in [-0.2, -0.15) is 0 Å². The number of carbonyl (C=O) groups excluding carboxylic acids is 3. The molecule has 1 aliphatic carbocycles. The Bertz CT molecular complexity index is 739. The molecule has 1 aromatic carbocycles. The minimum atomic E-state index is -1.11. The molecule has 0 spiro atoms. The maximum absolute atomic E-state index is 12.9. The van der Waals surface area contributed by atoms with Crippen molar-refractivity contribution in [3.05, 3.63) is 46.5 Å². The largest absolute Gasteiger partial charge is 0.452 e. The van der Waals surface area contributed by atoms with Crippen LogP contribution in [0, 0.1) is 0 Å². The first-order valence-electron chi connectivity index (χ1n) is 8.65. The molecule has 140 valence electrons. The minimum Gasteiger partial charge on any atom is -0.452 e. The van der Waals surface area contributed by atoms with Crippen LogP contribution in [-0.2, 0) is 24.7 Å². The molecule has 26 heavy (non-hydrogen) atoms. The minimum absolute atomic E-state index is 0.0386. The van der Waals surface area contributed by atoms with Crippen LogP contribution in [0.3, 0.4) is 0 Å². The second kappa shape index (κ2) is 8.49. The summed E-state index contributed by atoms with van der Waals surface area (Å²) in [6.45, 7) is 3.11. The van der Waals surface area contributed by atoms with E-state index in [-0.39, 0.29) is 5.78 Å². The quantitative estimate of drug-likeness (QED) is 0.580. The number of allylic oxidation sites excluding steroid dienone is 1. The number of hydrogen-bond acceptors (Lipinski definition) is 4. The standard InChI is InChI=1S/C20H24ClNO4/c1-14(2)12-19(25)26-13-18(24)22(3)20(11-7-6-10-17(20)23)15-8-4-5-9-16(15)21/h4-5,8-9,12H,6-7,10-11,13H2,1-3H3/t20-/m0/s1. The van der Waals surface area contributed by atoms with E-state index in [1.807, 2.05) is 0 Å². The zero-order chi connectivity index (χ0) is 19.3. The van der Waals surface area contributed by atoms with Gasteiger partial charge in [0, 0.05) is 30.1 Å². The van der Waals surface area contributed by atoms with Crippen molar-refractivity contribution in [3.63, 3.8) is 0 Å². The van der Waals surface area contributed by atoms with Crippen molar-refractivity contribution >= 4 is 29.3 Å². The van der Waals surface area contributed by atoms with Gasteiger partial charge < -0.3 is 9.64 Å². The summed E-state index contributed by atoms with van der Waals surface area (Å²) in [6, 6.07) is 7.09. The van der Waals surface area contributed by atoms with Crippen LogP contribution in [0.4, 0.5) is 0 Å². The predicted molar refractivity (Wildman–Crippen MR) is 99.8 cm³/mol. The molecule has 1 atom stereocenters. The Morgan fingerprint density at radius 1 is 1.27 bits per heavy atom. The SMILES string of the molecule is CC(C)=CC(=O)OCC(=O)N(C)[C@]1(c2ccccc2Cl)CCCCC1=O. The van der Waals surface area contributed by atoms with E-state index in [9.17, 15) is 14.4 Å². The summed E-state index contributed by atoms with van der Waals surface area (Å²) in [5.41, 5.74) is 0.292. The Kier molecular flexibility index (Phi) is 6.59. The number of ether oxygens (including phenoxy) is 1. The highest BCUT2D eigenvalue weighted by Crippen LogP contribution is 2.42. The second-order valence-corrected chi connectivity index (χ2v) is 7.16. The summed E-state index contributed by atoms with van der Waals surface area (Å²) in [7, 11) is 1.57. The zero-order valence-electron chi connectivity index (χ0n) is 15.4. The Morgan fingerprint density at radius 2 is 1.96 bits per heavy atom. The Balaban J connectivity index is 2.30. The van der Waals surface area contributed by atoms with Gasteiger partial charge >= 0.3 is 5.97 Å². The molecule has 1 aromatic rings.